The Hall–Kier alpha value is -2.24. The Bertz CT molecular complexity index is 1060. The molecule has 0 unspecified atom stereocenters. The average Bonchev–Trinajstić information content (AvgIpc) is 3.57. The fourth-order valence-electron chi connectivity index (χ4n) is 6.83. The molecule has 34 heavy (non-hydrogen) atoms. The number of fused-ring (bicyclic) bond motifs is 4. The van der Waals surface area contributed by atoms with Crippen molar-refractivity contribution in [2.75, 3.05) is 0 Å². The molecule has 1 heterocycles. The summed E-state index contributed by atoms with van der Waals surface area (Å²) in [6, 6.07) is 9.50. The van der Waals surface area contributed by atoms with Crippen molar-refractivity contribution in [3.8, 4) is 0 Å². The second-order valence-electron chi connectivity index (χ2n) is 11.8. The molecular weight excluding hydrogens is 428 g/mol. The van der Waals surface area contributed by atoms with Crippen LogP contribution in [0.5, 0.6) is 0 Å². The third kappa shape index (κ3) is 3.68. The van der Waals surface area contributed by atoms with Gasteiger partial charge in [-0.3, -0.25) is 4.79 Å². The van der Waals surface area contributed by atoms with Crippen molar-refractivity contribution in [1.29, 1.82) is 0 Å². The second kappa shape index (κ2) is 7.89. The van der Waals surface area contributed by atoms with Gasteiger partial charge in [0, 0.05) is 12.5 Å². The number of benzene rings is 1. The van der Waals surface area contributed by atoms with Gasteiger partial charge < -0.3 is 14.6 Å². The van der Waals surface area contributed by atoms with E-state index in [1.54, 1.807) is 6.08 Å². The summed E-state index contributed by atoms with van der Waals surface area (Å²) in [6.07, 6.45) is 6.26. The molecule has 1 aliphatic heterocycles. The molecule has 0 spiro atoms. The van der Waals surface area contributed by atoms with E-state index in [2.05, 4.69) is 26.8 Å². The van der Waals surface area contributed by atoms with Crippen LogP contribution in [0.1, 0.15) is 59.4 Å². The van der Waals surface area contributed by atoms with E-state index in [9.17, 15) is 14.7 Å². The number of carbonyl (C=O) groups excluding carboxylic acids is 2. The van der Waals surface area contributed by atoms with Crippen LogP contribution >= 0.6 is 0 Å². The summed E-state index contributed by atoms with van der Waals surface area (Å²) >= 11 is 0. The molecule has 0 aromatic heterocycles. The lowest BCUT2D eigenvalue weighted by Crippen LogP contribution is -2.52. The number of aliphatic hydroxyl groups excluding tert-OH is 1. The molecule has 8 atom stereocenters. The van der Waals surface area contributed by atoms with Gasteiger partial charge in [-0.15, -0.1) is 0 Å². The van der Waals surface area contributed by atoms with Gasteiger partial charge in [0.2, 0.25) is 5.78 Å². The molecule has 3 aliphatic carbocycles. The maximum Gasteiger partial charge on any atom is 0.331 e. The van der Waals surface area contributed by atoms with Gasteiger partial charge in [-0.25, -0.2) is 4.79 Å². The largest absolute Gasteiger partial charge is 0.447 e. The summed E-state index contributed by atoms with van der Waals surface area (Å²) < 4.78 is 12.3. The highest BCUT2D eigenvalue weighted by molar-refractivity contribution is 6.04. The minimum atomic E-state index is -1.43. The lowest BCUT2D eigenvalue weighted by atomic mass is 9.77. The molecule has 1 saturated heterocycles. The molecule has 0 radical (unpaired) electrons. The topological polar surface area (TPSA) is 76.1 Å². The molecule has 1 N–H and O–H groups in total. The summed E-state index contributed by atoms with van der Waals surface area (Å²) in [5.74, 6) is -0.704. The van der Waals surface area contributed by atoms with Gasteiger partial charge in [0.25, 0.3) is 0 Å². The third-order valence-corrected chi connectivity index (χ3v) is 9.14. The number of carbonyl (C=O) groups is 2. The molecule has 0 bridgehead atoms. The van der Waals surface area contributed by atoms with Crippen molar-refractivity contribution in [2.24, 2.45) is 29.1 Å². The van der Waals surface area contributed by atoms with E-state index in [1.807, 2.05) is 44.2 Å². The molecule has 1 aromatic carbocycles. The summed E-state index contributed by atoms with van der Waals surface area (Å²) in [4.78, 5) is 27.2. The molecule has 5 rings (SSSR count). The van der Waals surface area contributed by atoms with Crippen molar-refractivity contribution in [3.05, 3.63) is 53.6 Å². The summed E-state index contributed by atoms with van der Waals surface area (Å²) in [5.41, 5.74) is -0.200. The monoisotopic (exact) mass is 464 g/mol. The number of rotatable bonds is 3. The zero-order chi connectivity index (χ0) is 24.5. The highest BCUT2D eigenvalue weighted by Gasteiger charge is 2.71. The van der Waals surface area contributed by atoms with E-state index in [0.717, 1.165) is 18.4 Å². The van der Waals surface area contributed by atoms with Crippen molar-refractivity contribution < 1.29 is 24.2 Å². The van der Waals surface area contributed by atoms with E-state index >= 15 is 0 Å². The predicted molar refractivity (Wildman–Crippen MR) is 130 cm³/mol. The number of Topliss-reactive ketones (excluding diaryl/α,β-unsaturated/α-hetero) is 1. The number of esters is 1. The number of ether oxygens (including phenoxy) is 2. The smallest absolute Gasteiger partial charge is 0.331 e. The SMILES string of the molecule is C/C1=C/[C@@H]2[C@H](CC[C@@]3(C)O[C@@H]3[C@H]3[C@@H](O)[C@@H](C)C[C@]3(OC(=O)/C=C/c3ccccc3)C1=O)C2(C)C. The first kappa shape index (κ1) is 23.5. The molecule has 182 valence electrons. The molecule has 3 fully saturated rings. The van der Waals surface area contributed by atoms with Crippen molar-refractivity contribution in [2.45, 2.75) is 77.3 Å². The van der Waals surface area contributed by atoms with Crippen molar-refractivity contribution >= 4 is 17.8 Å². The first-order valence-corrected chi connectivity index (χ1v) is 12.5. The van der Waals surface area contributed by atoms with Crippen LogP contribution in [0.25, 0.3) is 6.08 Å². The minimum absolute atomic E-state index is 0.144. The van der Waals surface area contributed by atoms with Crippen LogP contribution in [0, 0.1) is 29.1 Å². The molecule has 4 aliphatic rings. The van der Waals surface area contributed by atoms with E-state index in [1.165, 1.54) is 6.08 Å². The Labute approximate surface area is 202 Å². The highest BCUT2D eigenvalue weighted by Crippen LogP contribution is 2.64. The highest BCUT2D eigenvalue weighted by atomic mass is 16.6. The van der Waals surface area contributed by atoms with Crippen LogP contribution in [-0.4, -0.2) is 40.3 Å². The normalized spacial score (nSPS) is 44.2. The molecule has 5 nitrogen and oxygen atoms in total. The molecule has 5 heteroatoms. The zero-order valence-corrected chi connectivity index (χ0v) is 20.8. The van der Waals surface area contributed by atoms with Crippen LogP contribution in [0.2, 0.25) is 0 Å². The fourth-order valence-corrected chi connectivity index (χ4v) is 6.83. The van der Waals surface area contributed by atoms with Crippen LogP contribution in [0.3, 0.4) is 0 Å². The van der Waals surface area contributed by atoms with Gasteiger partial charge >= 0.3 is 5.97 Å². The van der Waals surface area contributed by atoms with Crippen LogP contribution in [-0.2, 0) is 19.1 Å². The molecule has 2 saturated carbocycles. The molecular formula is C29H36O5. The number of ketones is 1. The minimum Gasteiger partial charge on any atom is -0.447 e. The lowest BCUT2D eigenvalue weighted by Gasteiger charge is -2.34. The maximum absolute atomic E-state index is 14.1. The fraction of sp³-hybridized carbons (Fsp3) is 0.586. The Morgan fingerprint density at radius 3 is 2.62 bits per heavy atom. The van der Waals surface area contributed by atoms with E-state index in [4.69, 9.17) is 9.47 Å². The van der Waals surface area contributed by atoms with Gasteiger partial charge in [0.05, 0.1) is 23.7 Å². The Kier molecular flexibility index (Phi) is 5.45. The number of allylic oxidation sites excluding steroid dienone is 1. The van der Waals surface area contributed by atoms with Crippen molar-refractivity contribution in [3.63, 3.8) is 0 Å². The Balaban J connectivity index is 1.53. The quantitative estimate of drug-likeness (QED) is 0.397. The number of epoxide rings is 1. The summed E-state index contributed by atoms with van der Waals surface area (Å²) in [6.45, 7) is 10.3. The van der Waals surface area contributed by atoms with E-state index in [0.29, 0.717) is 23.8 Å². The standard InChI is InChI=1S/C29H36O5/c1-17-15-21-20(27(21,3)4)13-14-28(5)26(34-28)23-24(31)18(2)16-29(23,25(17)32)33-22(30)12-11-19-9-7-6-8-10-19/h6-12,15,18,20-21,23-24,26,31H,13-14,16H2,1-5H3/b12-11+,17-15-/t18-,20-,21+,23+,24-,26+,28+,29+/m0/s1. The number of hydrogen-bond donors (Lipinski definition) is 1. The average molecular weight is 465 g/mol. The van der Waals surface area contributed by atoms with E-state index in [-0.39, 0.29) is 23.2 Å². The predicted octanol–water partition coefficient (Wildman–Crippen LogP) is 4.74. The Morgan fingerprint density at radius 1 is 1.21 bits per heavy atom. The zero-order valence-electron chi connectivity index (χ0n) is 20.8. The van der Waals surface area contributed by atoms with E-state index < -0.39 is 29.2 Å². The van der Waals surface area contributed by atoms with Gasteiger partial charge in [0.1, 0.15) is 0 Å². The van der Waals surface area contributed by atoms with Gasteiger partial charge in [-0.05, 0) is 67.1 Å². The first-order chi connectivity index (χ1) is 16.0. The van der Waals surface area contributed by atoms with Gasteiger partial charge in [0.15, 0.2) is 5.60 Å². The Morgan fingerprint density at radius 2 is 1.91 bits per heavy atom. The second-order valence-corrected chi connectivity index (χ2v) is 11.8. The number of aliphatic hydroxyl groups is 1. The lowest BCUT2D eigenvalue weighted by molar-refractivity contribution is -0.168. The van der Waals surface area contributed by atoms with Gasteiger partial charge in [-0.2, -0.15) is 0 Å². The number of hydrogen-bond acceptors (Lipinski definition) is 5. The summed E-state index contributed by atoms with van der Waals surface area (Å²) in [5, 5.41) is 11.2. The van der Waals surface area contributed by atoms with Crippen molar-refractivity contribution in [1.82, 2.24) is 0 Å². The maximum atomic E-state index is 14.1. The third-order valence-electron chi connectivity index (χ3n) is 9.14. The van der Waals surface area contributed by atoms with Crippen LogP contribution < -0.4 is 0 Å². The molecule has 1 aromatic rings. The summed E-state index contributed by atoms with van der Waals surface area (Å²) in [7, 11) is 0. The van der Waals surface area contributed by atoms with Crippen LogP contribution in [0.15, 0.2) is 48.1 Å². The first-order valence-electron chi connectivity index (χ1n) is 12.5. The van der Waals surface area contributed by atoms with Gasteiger partial charge in [-0.1, -0.05) is 57.2 Å². The molecule has 0 amide bonds. The van der Waals surface area contributed by atoms with Crippen LogP contribution in [0.4, 0.5) is 0 Å².